The van der Waals surface area contributed by atoms with Gasteiger partial charge in [-0.1, -0.05) is 35.5 Å². The second-order valence-electron chi connectivity index (χ2n) is 6.06. The van der Waals surface area contributed by atoms with E-state index in [1.54, 1.807) is 18.2 Å². The Bertz CT molecular complexity index is 898. The van der Waals surface area contributed by atoms with E-state index in [2.05, 4.69) is 15.6 Å². The minimum Gasteiger partial charge on any atom is -0.326 e. The minimum atomic E-state index is -0.494. The lowest BCUT2D eigenvalue weighted by Crippen LogP contribution is -2.28. The summed E-state index contributed by atoms with van der Waals surface area (Å²) in [6.45, 7) is 3.85. The van der Waals surface area contributed by atoms with Crippen LogP contribution in [0.3, 0.4) is 0 Å². The fourth-order valence-electron chi connectivity index (χ4n) is 2.54. The van der Waals surface area contributed by atoms with Crippen LogP contribution in [-0.2, 0) is 9.59 Å². The van der Waals surface area contributed by atoms with Gasteiger partial charge in [0.05, 0.1) is 5.69 Å². The molecule has 1 aliphatic rings. The quantitative estimate of drug-likeness (QED) is 0.825. The standard InChI is InChI=1S/C19H18ClN3O2S/c1-11-4-3-5-14(8-11)21-19-23-18(25)16(26-19)10-17(24)22-15-7-6-13(20)9-12(15)2/h3-9,16H,10H2,1-2H3,(H,22,24)(H,21,23,25)/t16-/m1/s1. The molecule has 1 atom stereocenters. The molecule has 1 saturated heterocycles. The third-order valence-electron chi connectivity index (χ3n) is 3.84. The van der Waals surface area contributed by atoms with Gasteiger partial charge in [-0.25, -0.2) is 4.99 Å². The number of hydrogen-bond donors (Lipinski definition) is 2. The number of anilines is 1. The number of hydrogen-bond acceptors (Lipinski definition) is 4. The zero-order valence-corrected chi connectivity index (χ0v) is 15.9. The highest BCUT2D eigenvalue weighted by Gasteiger charge is 2.32. The van der Waals surface area contributed by atoms with E-state index in [1.165, 1.54) is 11.8 Å². The fourth-order valence-corrected chi connectivity index (χ4v) is 3.76. The summed E-state index contributed by atoms with van der Waals surface area (Å²) in [5.41, 5.74) is 3.43. The zero-order valence-electron chi connectivity index (χ0n) is 14.4. The Balaban J connectivity index is 1.63. The molecule has 7 heteroatoms. The Morgan fingerprint density at radius 1 is 1.27 bits per heavy atom. The second kappa shape index (κ2) is 7.93. The summed E-state index contributed by atoms with van der Waals surface area (Å²) >= 11 is 7.19. The maximum atomic E-state index is 12.3. The molecule has 0 saturated carbocycles. The van der Waals surface area contributed by atoms with Crippen LogP contribution in [0.15, 0.2) is 47.5 Å². The molecule has 1 fully saturated rings. The number of nitrogens with zero attached hydrogens (tertiary/aromatic N) is 1. The van der Waals surface area contributed by atoms with Crippen molar-refractivity contribution in [3.63, 3.8) is 0 Å². The maximum Gasteiger partial charge on any atom is 0.240 e. The van der Waals surface area contributed by atoms with E-state index in [0.29, 0.717) is 15.9 Å². The lowest BCUT2D eigenvalue weighted by atomic mass is 10.2. The van der Waals surface area contributed by atoms with E-state index in [4.69, 9.17) is 11.6 Å². The predicted molar refractivity (Wildman–Crippen MR) is 107 cm³/mol. The van der Waals surface area contributed by atoms with Gasteiger partial charge in [0.2, 0.25) is 11.8 Å². The summed E-state index contributed by atoms with van der Waals surface area (Å²) < 4.78 is 0. The highest BCUT2D eigenvalue weighted by molar-refractivity contribution is 8.15. The van der Waals surface area contributed by atoms with Crippen LogP contribution in [0.5, 0.6) is 0 Å². The topological polar surface area (TPSA) is 70.6 Å². The van der Waals surface area contributed by atoms with Crippen molar-refractivity contribution < 1.29 is 9.59 Å². The number of nitrogens with one attached hydrogen (secondary N) is 2. The van der Waals surface area contributed by atoms with Gasteiger partial charge in [0.1, 0.15) is 5.25 Å². The third kappa shape index (κ3) is 4.65. The average Bonchev–Trinajstić information content (AvgIpc) is 2.89. The molecule has 5 nitrogen and oxygen atoms in total. The molecule has 0 radical (unpaired) electrons. The number of amides is 2. The van der Waals surface area contributed by atoms with Gasteiger partial charge in [-0.15, -0.1) is 0 Å². The van der Waals surface area contributed by atoms with E-state index in [0.717, 1.165) is 16.8 Å². The van der Waals surface area contributed by atoms with Crippen LogP contribution >= 0.6 is 23.4 Å². The Kier molecular flexibility index (Phi) is 5.64. The normalized spacial score (nSPS) is 18.0. The highest BCUT2D eigenvalue weighted by atomic mass is 35.5. The molecule has 0 bridgehead atoms. The number of carbonyl (C=O) groups is 2. The molecule has 0 spiro atoms. The average molecular weight is 388 g/mol. The van der Waals surface area contributed by atoms with Gasteiger partial charge in [-0.2, -0.15) is 0 Å². The summed E-state index contributed by atoms with van der Waals surface area (Å²) in [7, 11) is 0. The van der Waals surface area contributed by atoms with Crippen molar-refractivity contribution in [1.82, 2.24) is 5.32 Å². The van der Waals surface area contributed by atoms with Crippen LogP contribution in [0.1, 0.15) is 17.5 Å². The van der Waals surface area contributed by atoms with Crippen LogP contribution in [0.25, 0.3) is 0 Å². The summed E-state index contributed by atoms with van der Waals surface area (Å²) in [6.07, 6.45) is 0.0748. The molecular formula is C19H18ClN3O2S. The van der Waals surface area contributed by atoms with Crippen molar-refractivity contribution in [1.29, 1.82) is 0 Å². The van der Waals surface area contributed by atoms with E-state index >= 15 is 0 Å². The van der Waals surface area contributed by atoms with Crippen molar-refractivity contribution in [2.75, 3.05) is 5.32 Å². The molecule has 0 aromatic heterocycles. The van der Waals surface area contributed by atoms with Gasteiger partial charge in [0.25, 0.3) is 0 Å². The molecule has 0 aliphatic carbocycles. The molecule has 2 aromatic carbocycles. The maximum absolute atomic E-state index is 12.3. The molecule has 0 unspecified atom stereocenters. The summed E-state index contributed by atoms with van der Waals surface area (Å²) in [4.78, 5) is 28.9. The van der Waals surface area contributed by atoms with Crippen LogP contribution in [0.2, 0.25) is 5.02 Å². The Morgan fingerprint density at radius 3 is 2.81 bits per heavy atom. The van der Waals surface area contributed by atoms with Crippen LogP contribution in [-0.4, -0.2) is 22.2 Å². The second-order valence-corrected chi connectivity index (χ2v) is 7.69. The van der Waals surface area contributed by atoms with Crippen LogP contribution in [0, 0.1) is 13.8 Å². The fraction of sp³-hybridized carbons (Fsp3) is 0.211. The van der Waals surface area contributed by atoms with Crippen LogP contribution < -0.4 is 10.6 Å². The molecule has 2 aromatic rings. The molecule has 26 heavy (non-hydrogen) atoms. The van der Waals surface area contributed by atoms with E-state index in [1.807, 2.05) is 38.1 Å². The number of rotatable bonds is 4. The summed E-state index contributed by atoms with van der Waals surface area (Å²) in [6, 6.07) is 12.9. The van der Waals surface area contributed by atoms with E-state index in [9.17, 15) is 9.59 Å². The molecular weight excluding hydrogens is 370 g/mol. The summed E-state index contributed by atoms with van der Waals surface area (Å²) in [5, 5.41) is 6.20. The smallest absolute Gasteiger partial charge is 0.240 e. The van der Waals surface area contributed by atoms with Crippen molar-refractivity contribution >= 4 is 51.7 Å². The molecule has 2 amide bonds. The number of thioether (sulfide) groups is 1. The Hall–Kier alpha value is -2.31. The number of amidine groups is 1. The Labute approximate surface area is 161 Å². The van der Waals surface area contributed by atoms with Crippen molar-refractivity contribution in [3.05, 3.63) is 58.6 Å². The van der Waals surface area contributed by atoms with E-state index in [-0.39, 0.29) is 18.2 Å². The van der Waals surface area contributed by atoms with Gasteiger partial charge in [0.15, 0.2) is 5.17 Å². The minimum absolute atomic E-state index is 0.0748. The number of carbonyl (C=O) groups excluding carboxylic acids is 2. The molecule has 1 aliphatic heterocycles. The van der Waals surface area contributed by atoms with E-state index < -0.39 is 5.25 Å². The van der Waals surface area contributed by atoms with Crippen molar-refractivity contribution in [2.45, 2.75) is 25.5 Å². The first-order chi connectivity index (χ1) is 12.4. The van der Waals surface area contributed by atoms with Crippen molar-refractivity contribution in [2.24, 2.45) is 4.99 Å². The number of aliphatic imine (C=N–C) groups is 1. The SMILES string of the molecule is Cc1cccc(N=C2NC(=O)[C@@H](CC(=O)Nc3ccc(Cl)cc3C)S2)c1. The monoisotopic (exact) mass is 387 g/mol. The number of aryl methyl sites for hydroxylation is 2. The van der Waals surface area contributed by atoms with Crippen LogP contribution in [0.4, 0.5) is 11.4 Å². The highest BCUT2D eigenvalue weighted by Crippen LogP contribution is 2.26. The lowest BCUT2D eigenvalue weighted by molar-refractivity contribution is -0.122. The number of halogens is 1. The van der Waals surface area contributed by atoms with Gasteiger partial charge in [0, 0.05) is 17.1 Å². The van der Waals surface area contributed by atoms with Gasteiger partial charge in [-0.05, 0) is 55.3 Å². The lowest BCUT2D eigenvalue weighted by Gasteiger charge is -2.10. The molecule has 1 heterocycles. The van der Waals surface area contributed by atoms with Gasteiger partial charge in [-0.3, -0.25) is 9.59 Å². The van der Waals surface area contributed by atoms with Gasteiger partial charge < -0.3 is 10.6 Å². The van der Waals surface area contributed by atoms with Crippen molar-refractivity contribution in [3.8, 4) is 0 Å². The van der Waals surface area contributed by atoms with Gasteiger partial charge >= 0.3 is 0 Å². The zero-order chi connectivity index (χ0) is 18.7. The molecule has 3 rings (SSSR count). The summed E-state index contributed by atoms with van der Waals surface area (Å²) in [5.74, 6) is -0.427. The first-order valence-electron chi connectivity index (χ1n) is 8.09. The third-order valence-corrected chi connectivity index (χ3v) is 5.16. The Morgan fingerprint density at radius 2 is 2.08 bits per heavy atom. The number of benzene rings is 2. The predicted octanol–water partition coefficient (Wildman–Crippen LogP) is 4.20. The molecule has 134 valence electrons. The largest absolute Gasteiger partial charge is 0.326 e. The first kappa shape index (κ1) is 18.5. The first-order valence-corrected chi connectivity index (χ1v) is 9.35. The molecule has 2 N–H and O–H groups in total.